The van der Waals surface area contributed by atoms with Crippen LogP contribution in [0.3, 0.4) is 0 Å². The standard InChI is InChI=1S/C14H21NO2/c1-10(2)14(4,17)13(16)15-11(3)12-8-6-5-7-9-12/h5-11,17H,1-4H3,(H,15,16)/t11-,14-/m0/s1. The van der Waals surface area contributed by atoms with Crippen molar-refractivity contribution < 1.29 is 9.90 Å². The van der Waals surface area contributed by atoms with Crippen molar-refractivity contribution in [3.8, 4) is 0 Å². The summed E-state index contributed by atoms with van der Waals surface area (Å²) in [7, 11) is 0. The molecule has 0 saturated carbocycles. The lowest BCUT2D eigenvalue weighted by Gasteiger charge is -2.28. The smallest absolute Gasteiger partial charge is 0.252 e. The summed E-state index contributed by atoms with van der Waals surface area (Å²) in [6, 6.07) is 9.60. The van der Waals surface area contributed by atoms with Crippen molar-refractivity contribution in [3.63, 3.8) is 0 Å². The molecule has 3 nitrogen and oxygen atoms in total. The van der Waals surface area contributed by atoms with Crippen LogP contribution in [0.5, 0.6) is 0 Å². The number of hydrogen-bond donors (Lipinski definition) is 2. The average molecular weight is 235 g/mol. The lowest BCUT2D eigenvalue weighted by atomic mass is 9.91. The van der Waals surface area contributed by atoms with Gasteiger partial charge < -0.3 is 10.4 Å². The van der Waals surface area contributed by atoms with Crippen LogP contribution in [-0.2, 0) is 4.79 Å². The highest BCUT2D eigenvalue weighted by Gasteiger charge is 2.34. The van der Waals surface area contributed by atoms with Gasteiger partial charge in [-0.1, -0.05) is 44.2 Å². The molecular weight excluding hydrogens is 214 g/mol. The topological polar surface area (TPSA) is 49.3 Å². The summed E-state index contributed by atoms with van der Waals surface area (Å²) in [6.07, 6.45) is 0. The van der Waals surface area contributed by atoms with E-state index in [0.717, 1.165) is 5.56 Å². The first kappa shape index (κ1) is 13.7. The van der Waals surface area contributed by atoms with Gasteiger partial charge in [-0.05, 0) is 25.3 Å². The van der Waals surface area contributed by atoms with Gasteiger partial charge in [0.1, 0.15) is 5.60 Å². The highest BCUT2D eigenvalue weighted by atomic mass is 16.3. The van der Waals surface area contributed by atoms with Gasteiger partial charge in [0, 0.05) is 0 Å². The molecule has 0 radical (unpaired) electrons. The van der Waals surface area contributed by atoms with E-state index in [9.17, 15) is 9.90 Å². The molecule has 94 valence electrons. The van der Waals surface area contributed by atoms with Gasteiger partial charge in [-0.2, -0.15) is 0 Å². The molecule has 1 aromatic carbocycles. The Morgan fingerprint density at radius 1 is 1.24 bits per heavy atom. The Hall–Kier alpha value is -1.35. The third kappa shape index (κ3) is 3.30. The Balaban J connectivity index is 2.70. The zero-order valence-electron chi connectivity index (χ0n) is 10.9. The molecule has 0 bridgehead atoms. The first-order valence-corrected chi connectivity index (χ1v) is 5.94. The second-order valence-corrected chi connectivity index (χ2v) is 4.91. The molecule has 0 unspecified atom stereocenters. The normalized spacial score (nSPS) is 16.4. The van der Waals surface area contributed by atoms with E-state index < -0.39 is 5.60 Å². The van der Waals surface area contributed by atoms with Gasteiger partial charge >= 0.3 is 0 Å². The lowest BCUT2D eigenvalue weighted by molar-refractivity contribution is -0.143. The molecule has 1 amide bonds. The van der Waals surface area contributed by atoms with Crippen LogP contribution in [0.15, 0.2) is 30.3 Å². The van der Waals surface area contributed by atoms with Gasteiger partial charge in [0.25, 0.3) is 5.91 Å². The van der Waals surface area contributed by atoms with E-state index in [2.05, 4.69) is 5.32 Å². The van der Waals surface area contributed by atoms with Crippen LogP contribution < -0.4 is 5.32 Å². The Kier molecular flexibility index (Phi) is 4.29. The molecule has 2 atom stereocenters. The number of amides is 1. The third-order valence-corrected chi connectivity index (χ3v) is 3.23. The second kappa shape index (κ2) is 5.32. The molecule has 0 heterocycles. The summed E-state index contributed by atoms with van der Waals surface area (Å²) in [6.45, 7) is 7.11. The molecule has 0 aromatic heterocycles. The van der Waals surface area contributed by atoms with Crippen LogP contribution in [-0.4, -0.2) is 16.6 Å². The summed E-state index contributed by atoms with van der Waals surface area (Å²) >= 11 is 0. The fourth-order valence-corrected chi connectivity index (χ4v) is 1.43. The van der Waals surface area contributed by atoms with Crippen molar-refractivity contribution in [1.82, 2.24) is 5.32 Å². The number of aliphatic hydroxyl groups is 1. The minimum Gasteiger partial charge on any atom is -0.380 e. The minimum atomic E-state index is -1.33. The molecule has 2 N–H and O–H groups in total. The Bertz CT molecular complexity index is 371. The summed E-state index contributed by atoms with van der Waals surface area (Å²) in [5.74, 6) is -0.450. The van der Waals surface area contributed by atoms with Crippen LogP contribution >= 0.6 is 0 Å². The summed E-state index contributed by atoms with van der Waals surface area (Å²) in [5.41, 5.74) is -0.302. The maximum absolute atomic E-state index is 11.9. The largest absolute Gasteiger partial charge is 0.380 e. The van der Waals surface area contributed by atoms with Crippen molar-refractivity contribution in [3.05, 3.63) is 35.9 Å². The molecule has 0 spiro atoms. The summed E-state index contributed by atoms with van der Waals surface area (Å²) < 4.78 is 0. The number of rotatable bonds is 4. The second-order valence-electron chi connectivity index (χ2n) is 4.91. The van der Waals surface area contributed by atoms with E-state index in [-0.39, 0.29) is 17.9 Å². The summed E-state index contributed by atoms with van der Waals surface area (Å²) in [5, 5.41) is 12.9. The highest BCUT2D eigenvalue weighted by Crippen LogP contribution is 2.19. The molecule has 17 heavy (non-hydrogen) atoms. The van der Waals surface area contributed by atoms with Crippen molar-refractivity contribution >= 4 is 5.91 Å². The molecule has 0 aliphatic carbocycles. The fraction of sp³-hybridized carbons (Fsp3) is 0.500. The highest BCUT2D eigenvalue weighted by molar-refractivity contribution is 5.85. The molecule has 1 aromatic rings. The zero-order valence-corrected chi connectivity index (χ0v) is 10.9. The van der Waals surface area contributed by atoms with Crippen molar-refractivity contribution in [2.45, 2.75) is 39.3 Å². The van der Waals surface area contributed by atoms with Crippen molar-refractivity contribution in [2.75, 3.05) is 0 Å². The van der Waals surface area contributed by atoms with E-state index >= 15 is 0 Å². The molecule has 3 heteroatoms. The maximum Gasteiger partial charge on any atom is 0.252 e. The quantitative estimate of drug-likeness (QED) is 0.841. The number of hydrogen-bond acceptors (Lipinski definition) is 2. The minimum absolute atomic E-state index is 0.103. The van der Waals surface area contributed by atoms with E-state index in [1.807, 2.05) is 51.1 Å². The molecule has 0 fully saturated rings. The van der Waals surface area contributed by atoms with Gasteiger partial charge in [-0.25, -0.2) is 0 Å². The molecule has 1 rings (SSSR count). The molecular formula is C14H21NO2. The lowest BCUT2D eigenvalue weighted by Crippen LogP contribution is -2.48. The van der Waals surface area contributed by atoms with Crippen LogP contribution in [0.1, 0.15) is 39.3 Å². The van der Waals surface area contributed by atoms with Gasteiger partial charge in [0.2, 0.25) is 0 Å². The Labute approximate surface area is 103 Å². The zero-order chi connectivity index (χ0) is 13.1. The predicted octanol–water partition coefficient (Wildman–Crippen LogP) is 2.27. The average Bonchev–Trinajstić information content (AvgIpc) is 2.29. The first-order chi connectivity index (χ1) is 7.85. The van der Waals surface area contributed by atoms with Crippen molar-refractivity contribution in [2.24, 2.45) is 5.92 Å². The predicted molar refractivity (Wildman–Crippen MR) is 68.5 cm³/mol. The van der Waals surface area contributed by atoms with Crippen molar-refractivity contribution in [1.29, 1.82) is 0 Å². The fourth-order valence-electron chi connectivity index (χ4n) is 1.43. The number of benzene rings is 1. The Morgan fingerprint density at radius 3 is 2.24 bits per heavy atom. The van der Waals surface area contributed by atoms with Crippen LogP contribution in [0.2, 0.25) is 0 Å². The van der Waals surface area contributed by atoms with Crippen LogP contribution in [0.4, 0.5) is 0 Å². The molecule has 0 aliphatic heterocycles. The number of carbonyl (C=O) groups excluding carboxylic acids is 1. The van der Waals surface area contributed by atoms with E-state index in [0.29, 0.717) is 0 Å². The van der Waals surface area contributed by atoms with Crippen LogP contribution in [0, 0.1) is 5.92 Å². The third-order valence-electron chi connectivity index (χ3n) is 3.23. The van der Waals surface area contributed by atoms with Gasteiger partial charge in [0.15, 0.2) is 0 Å². The van der Waals surface area contributed by atoms with E-state index in [1.165, 1.54) is 0 Å². The number of nitrogens with one attached hydrogen (secondary N) is 1. The SMILES string of the molecule is CC(C)[C@](C)(O)C(=O)N[C@@H](C)c1ccccc1. The Morgan fingerprint density at radius 2 is 1.76 bits per heavy atom. The van der Waals surface area contributed by atoms with Gasteiger partial charge in [0.05, 0.1) is 6.04 Å². The van der Waals surface area contributed by atoms with Crippen LogP contribution in [0.25, 0.3) is 0 Å². The first-order valence-electron chi connectivity index (χ1n) is 5.94. The summed E-state index contributed by atoms with van der Waals surface area (Å²) in [4.78, 5) is 11.9. The molecule has 0 saturated heterocycles. The number of carbonyl (C=O) groups is 1. The van der Waals surface area contributed by atoms with Gasteiger partial charge in [-0.15, -0.1) is 0 Å². The monoisotopic (exact) mass is 235 g/mol. The van der Waals surface area contributed by atoms with Gasteiger partial charge in [-0.3, -0.25) is 4.79 Å². The van der Waals surface area contributed by atoms with E-state index in [4.69, 9.17) is 0 Å². The van der Waals surface area contributed by atoms with E-state index in [1.54, 1.807) is 6.92 Å². The molecule has 0 aliphatic rings. The maximum atomic E-state index is 11.9.